The van der Waals surface area contributed by atoms with Gasteiger partial charge in [0.25, 0.3) is 5.91 Å². The molecule has 1 saturated heterocycles. The summed E-state index contributed by atoms with van der Waals surface area (Å²) in [5.74, 6) is -0.0882. The normalized spacial score (nSPS) is 33.6. The van der Waals surface area contributed by atoms with Crippen LogP contribution in [-0.2, 0) is 14.9 Å². The second-order valence-electron chi connectivity index (χ2n) is 11.6. The van der Waals surface area contributed by atoms with Crippen molar-refractivity contribution in [1.82, 2.24) is 10.2 Å². The number of methoxy groups -OCH3 is 1. The maximum atomic E-state index is 13.3. The fraction of sp³-hybridized carbons (Fsp3) is 0.484. The molecule has 2 N–H and O–H groups in total. The Morgan fingerprint density at radius 2 is 2.00 bits per heavy atom. The third-order valence-electron chi connectivity index (χ3n) is 9.84. The van der Waals surface area contributed by atoms with Gasteiger partial charge in [0.2, 0.25) is 0 Å². The van der Waals surface area contributed by atoms with E-state index in [4.69, 9.17) is 21.1 Å². The maximum Gasteiger partial charge on any atom is 0.303 e. The number of benzene rings is 2. The summed E-state index contributed by atoms with van der Waals surface area (Å²) in [7, 11) is 3.62. The van der Waals surface area contributed by atoms with Gasteiger partial charge in [-0.1, -0.05) is 42.8 Å². The number of hydrogen-bond acceptors (Lipinski definition) is 7. The van der Waals surface area contributed by atoms with Crippen molar-refractivity contribution in [3.05, 3.63) is 70.8 Å². The van der Waals surface area contributed by atoms with E-state index in [9.17, 15) is 14.7 Å². The maximum absolute atomic E-state index is 13.3. The number of likely N-dealkylation sites (N-methyl/N-ethyl adjacent to an activating group) is 1. The first-order valence-corrected chi connectivity index (χ1v) is 14.3. The molecule has 8 nitrogen and oxygen atoms in total. The minimum Gasteiger partial charge on any atom is -0.497 e. The van der Waals surface area contributed by atoms with Crippen LogP contribution in [0.2, 0.25) is 5.02 Å². The SMILES string of the molecule is CCC12C=CCN3CC[C@@]4(c5ccc(OC)cc5N(C)[C@H]4[C@@](O)(CNC(=O)c4cccc(Cl)c4)[C@@H]1OC(C)=O)[C@@H]32. The number of fused-ring (bicyclic) bond motifs is 1. The summed E-state index contributed by atoms with van der Waals surface area (Å²) in [5.41, 5.74) is -0.245. The van der Waals surface area contributed by atoms with Gasteiger partial charge in [0.15, 0.2) is 0 Å². The van der Waals surface area contributed by atoms with Crippen LogP contribution >= 0.6 is 11.6 Å². The Balaban J connectivity index is 1.54. The van der Waals surface area contributed by atoms with E-state index >= 15 is 0 Å². The van der Waals surface area contributed by atoms with Gasteiger partial charge >= 0.3 is 5.97 Å². The molecule has 1 saturated carbocycles. The minimum atomic E-state index is -1.63. The van der Waals surface area contributed by atoms with Crippen molar-refractivity contribution in [2.45, 2.75) is 55.9 Å². The highest BCUT2D eigenvalue weighted by molar-refractivity contribution is 6.30. The topological polar surface area (TPSA) is 91.3 Å². The number of anilines is 1. The van der Waals surface area contributed by atoms with Crippen LogP contribution in [0.5, 0.6) is 5.75 Å². The predicted octanol–water partition coefficient (Wildman–Crippen LogP) is 3.55. The molecule has 40 heavy (non-hydrogen) atoms. The van der Waals surface area contributed by atoms with Crippen LogP contribution in [0, 0.1) is 5.41 Å². The van der Waals surface area contributed by atoms with Crippen LogP contribution in [0.3, 0.4) is 0 Å². The van der Waals surface area contributed by atoms with E-state index in [0.29, 0.717) is 17.0 Å². The first-order valence-electron chi connectivity index (χ1n) is 13.9. The fourth-order valence-corrected chi connectivity index (χ4v) is 8.79. The molecule has 2 aromatic rings. The van der Waals surface area contributed by atoms with Crippen LogP contribution in [-0.4, -0.2) is 79.5 Å². The van der Waals surface area contributed by atoms with Crippen molar-refractivity contribution >= 4 is 29.2 Å². The van der Waals surface area contributed by atoms with Crippen LogP contribution < -0.4 is 15.0 Å². The first-order chi connectivity index (χ1) is 19.1. The van der Waals surface area contributed by atoms with E-state index in [-0.39, 0.29) is 18.5 Å². The van der Waals surface area contributed by atoms with Crippen molar-refractivity contribution in [3.63, 3.8) is 0 Å². The number of aliphatic hydroxyl groups is 1. The van der Waals surface area contributed by atoms with Crippen LogP contribution in [0.4, 0.5) is 5.69 Å². The summed E-state index contributed by atoms with van der Waals surface area (Å²) >= 11 is 6.15. The lowest BCUT2D eigenvalue weighted by atomic mass is 9.47. The second-order valence-corrected chi connectivity index (χ2v) is 12.1. The lowest BCUT2D eigenvalue weighted by Crippen LogP contribution is -2.81. The molecule has 6 atom stereocenters. The van der Waals surface area contributed by atoms with Crippen molar-refractivity contribution in [2.75, 3.05) is 38.7 Å². The predicted molar refractivity (Wildman–Crippen MR) is 153 cm³/mol. The highest BCUT2D eigenvalue weighted by Crippen LogP contribution is 2.67. The molecule has 2 fully saturated rings. The zero-order chi connectivity index (χ0) is 28.4. The summed E-state index contributed by atoms with van der Waals surface area (Å²) in [6.45, 7) is 5.01. The van der Waals surface area contributed by atoms with Gasteiger partial charge in [-0.2, -0.15) is 0 Å². The van der Waals surface area contributed by atoms with Crippen LogP contribution in [0.25, 0.3) is 0 Å². The molecule has 4 aliphatic rings. The number of hydrogen-bond donors (Lipinski definition) is 2. The van der Waals surface area contributed by atoms with Gasteiger partial charge in [0, 0.05) is 59.7 Å². The number of carbonyl (C=O) groups excluding carboxylic acids is 2. The largest absolute Gasteiger partial charge is 0.497 e. The molecule has 1 unspecified atom stereocenters. The number of halogens is 1. The van der Waals surface area contributed by atoms with Crippen LogP contribution in [0.15, 0.2) is 54.6 Å². The first kappa shape index (κ1) is 27.1. The molecule has 1 spiro atoms. The Morgan fingerprint density at radius 3 is 2.70 bits per heavy atom. The molecule has 6 rings (SSSR count). The summed E-state index contributed by atoms with van der Waals surface area (Å²) < 4.78 is 11.7. The van der Waals surface area contributed by atoms with Gasteiger partial charge in [-0.15, -0.1) is 0 Å². The Kier molecular flexibility index (Phi) is 6.44. The second kappa shape index (κ2) is 9.50. The van der Waals surface area contributed by atoms with Crippen molar-refractivity contribution in [2.24, 2.45) is 5.41 Å². The molecule has 2 aromatic carbocycles. The Labute approximate surface area is 239 Å². The Morgan fingerprint density at radius 1 is 1.20 bits per heavy atom. The molecule has 0 bridgehead atoms. The highest BCUT2D eigenvalue weighted by Gasteiger charge is 2.77. The molecular weight excluding hydrogens is 530 g/mol. The zero-order valence-corrected chi connectivity index (χ0v) is 24.1. The third-order valence-corrected chi connectivity index (χ3v) is 10.1. The lowest BCUT2D eigenvalue weighted by Gasteiger charge is -2.64. The number of nitrogens with zero attached hydrogens (tertiary/aromatic N) is 2. The lowest BCUT2D eigenvalue weighted by molar-refractivity contribution is -0.216. The van der Waals surface area contributed by atoms with E-state index in [1.165, 1.54) is 6.92 Å². The van der Waals surface area contributed by atoms with Gasteiger partial charge in [-0.3, -0.25) is 14.5 Å². The number of carbonyl (C=O) groups is 2. The van der Waals surface area contributed by atoms with Crippen LogP contribution in [0.1, 0.15) is 42.6 Å². The van der Waals surface area contributed by atoms with Gasteiger partial charge in [0.1, 0.15) is 17.5 Å². The van der Waals surface area contributed by atoms with Gasteiger partial charge in [0.05, 0.1) is 19.7 Å². The summed E-state index contributed by atoms with van der Waals surface area (Å²) in [6, 6.07) is 12.3. The van der Waals surface area contributed by atoms with E-state index in [0.717, 1.165) is 36.5 Å². The van der Waals surface area contributed by atoms with Crippen molar-refractivity contribution < 1.29 is 24.2 Å². The van der Waals surface area contributed by atoms with E-state index < -0.39 is 34.5 Å². The number of ether oxygens (including phenoxy) is 2. The van der Waals surface area contributed by atoms with Gasteiger partial charge < -0.3 is 24.8 Å². The standard InChI is InChI=1S/C31H36ClN3O5/c1-5-29-12-7-14-35-15-13-30(26(29)35)23-11-10-22(39-4)17-24(23)34(3)27(30)31(38,28(29)40-19(2)36)18-33-25(37)20-8-6-9-21(32)16-20/h6-12,16-17,26-28,38H,5,13-15,18H2,1-4H3,(H,33,37)/t26-,27+,28+,29?,30+,31-/m0/s1. The van der Waals surface area contributed by atoms with E-state index in [1.54, 1.807) is 31.4 Å². The minimum absolute atomic E-state index is 0.00893. The van der Waals surface area contributed by atoms with Crippen molar-refractivity contribution in [1.29, 1.82) is 0 Å². The van der Waals surface area contributed by atoms with E-state index in [1.807, 2.05) is 19.2 Å². The van der Waals surface area contributed by atoms with Gasteiger partial charge in [-0.05, 0) is 49.2 Å². The summed E-state index contributed by atoms with van der Waals surface area (Å²) in [5, 5.41) is 16.5. The molecule has 0 aromatic heterocycles. The zero-order valence-electron chi connectivity index (χ0n) is 23.3. The molecule has 0 radical (unpaired) electrons. The average molecular weight is 566 g/mol. The van der Waals surface area contributed by atoms with Gasteiger partial charge in [-0.25, -0.2) is 0 Å². The van der Waals surface area contributed by atoms with E-state index in [2.05, 4.69) is 40.3 Å². The highest BCUT2D eigenvalue weighted by atomic mass is 35.5. The number of esters is 1. The molecule has 3 aliphatic heterocycles. The quantitative estimate of drug-likeness (QED) is 0.409. The number of amides is 1. The smallest absolute Gasteiger partial charge is 0.303 e. The molecule has 9 heteroatoms. The average Bonchev–Trinajstić information content (AvgIpc) is 3.46. The number of rotatable bonds is 6. The molecule has 1 amide bonds. The summed E-state index contributed by atoms with van der Waals surface area (Å²) in [6.07, 6.45) is 4.87. The molecule has 3 heterocycles. The number of nitrogens with one attached hydrogen (secondary N) is 1. The molecule has 1 aliphatic carbocycles. The molecular formula is C31H36ClN3O5. The monoisotopic (exact) mass is 565 g/mol. The Bertz CT molecular complexity index is 1400. The fourth-order valence-electron chi connectivity index (χ4n) is 8.60. The molecule has 212 valence electrons. The van der Waals surface area contributed by atoms with Crippen molar-refractivity contribution in [3.8, 4) is 5.75 Å². The summed E-state index contributed by atoms with van der Waals surface area (Å²) in [4.78, 5) is 30.6. The third kappa shape index (κ3) is 3.58. The Hall–Kier alpha value is -3.07.